The van der Waals surface area contributed by atoms with Gasteiger partial charge in [0.15, 0.2) is 11.5 Å². The van der Waals surface area contributed by atoms with Crippen LogP contribution in [0.3, 0.4) is 0 Å². The van der Waals surface area contributed by atoms with Crippen molar-refractivity contribution in [2.75, 3.05) is 37.6 Å². The second-order valence-corrected chi connectivity index (χ2v) is 7.84. The monoisotopic (exact) mass is 420 g/mol. The summed E-state index contributed by atoms with van der Waals surface area (Å²) in [4.78, 5) is 19.3. The van der Waals surface area contributed by atoms with Gasteiger partial charge in [-0.15, -0.1) is 0 Å². The number of rotatable bonds is 5. The molecule has 0 spiro atoms. The number of anilines is 2. The number of hydrogen-bond acceptors (Lipinski definition) is 7. The molecule has 2 aromatic heterocycles. The normalized spacial score (nSPS) is 16.3. The Hall–Kier alpha value is -3.59. The maximum Gasteiger partial charge on any atom is 0.256 e. The van der Waals surface area contributed by atoms with Crippen molar-refractivity contribution < 1.29 is 14.3 Å². The summed E-state index contributed by atoms with van der Waals surface area (Å²) in [5.41, 5.74) is 2.84. The summed E-state index contributed by atoms with van der Waals surface area (Å²) in [6, 6.07) is 11.5. The van der Waals surface area contributed by atoms with Gasteiger partial charge in [-0.25, -0.2) is 0 Å². The molecule has 160 valence electrons. The van der Waals surface area contributed by atoms with E-state index >= 15 is 0 Å². The van der Waals surface area contributed by atoms with Crippen LogP contribution in [0, 0.1) is 0 Å². The third-order valence-corrected chi connectivity index (χ3v) is 5.59. The standard InChI is InChI=1S/C22H24N6O3/c1-28-8-6-16(7-9-28)24-15-4-2-14(3-5-15)22(29)25-21-11-18(26-27-21)17-10-19-20(12-23-17)31-13-30-19/h2-5,10-12,16,24H,6-9,13H2,1H3,(H2,25,26,27,29). The summed E-state index contributed by atoms with van der Waals surface area (Å²) in [5.74, 6) is 1.53. The van der Waals surface area contributed by atoms with E-state index in [0.717, 1.165) is 31.6 Å². The number of likely N-dealkylation sites (tertiary alicyclic amines) is 1. The summed E-state index contributed by atoms with van der Waals surface area (Å²) in [6.45, 7) is 2.40. The number of amides is 1. The molecule has 3 N–H and O–H groups in total. The fraction of sp³-hybridized carbons (Fsp3) is 0.318. The van der Waals surface area contributed by atoms with Gasteiger partial charge in [-0.1, -0.05) is 0 Å². The number of aromatic amines is 1. The first-order valence-electron chi connectivity index (χ1n) is 10.3. The third kappa shape index (κ3) is 4.31. The molecule has 2 aliphatic heterocycles. The molecule has 0 bridgehead atoms. The molecule has 3 aromatic rings. The quantitative estimate of drug-likeness (QED) is 0.583. The van der Waals surface area contributed by atoms with Crippen LogP contribution in [0.25, 0.3) is 11.4 Å². The van der Waals surface area contributed by atoms with Crippen molar-refractivity contribution in [3.63, 3.8) is 0 Å². The van der Waals surface area contributed by atoms with E-state index in [9.17, 15) is 4.79 Å². The first kappa shape index (κ1) is 19.4. The highest BCUT2D eigenvalue weighted by atomic mass is 16.7. The number of hydrogen-bond donors (Lipinski definition) is 3. The SMILES string of the molecule is CN1CCC(Nc2ccc(C(=O)Nc3cc(-c4cc5c(cn4)OCO5)n[nH]3)cc2)CC1. The highest BCUT2D eigenvalue weighted by molar-refractivity contribution is 6.04. The van der Waals surface area contributed by atoms with Crippen molar-refractivity contribution in [3.05, 3.63) is 48.2 Å². The molecular formula is C22H24N6O3. The number of carbonyl (C=O) groups is 1. The number of aromatic nitrogens is 3. The number of nitrogens with one attached hydrogen (secondary N) is 3. The Morgan fingerprint density at radius 3 is 2.68 bits per heavy atom. The zero-order valence-corrected chi connectivity index (χ0v) is 17.2. The lowest BCUT2D eigenvalue weighted by molar-refractivity contribution is 0.102. The first-order chi connectivity index (χ1) is 15.1. The van der Waals surface area contributed by atoms with Crippen molar-refractivity contribution in [2.24, 2.45) is 0 Å². The Bertz CT molecular complexity index is 1070. The molecule has 1 saturated heterocycles. The molecule has 0 radical (unpaired) electrons. The fourth-order valence-corrected chi connectivity index (χ4v) is 3.76. The number of nitrogens with zero attached hydrogens (tertiary/aromatic N) is 3. The molecule has 0 atom stereocenters. The van der Waals surface area contributed by atoms with Crippen LogP contribution in [0.2, 0.25) is 0 Å². The van der Waals surface area contributed by atoms with Gasteiger partial charge in [0.25, 0.3) is 5.91 Å². The minimum absolute atomic E-state index is 0.189. The lowest BCUT2D eigenvalue weighted by Crippen LogP contribution is -2.36. The fourth-order valence-electron chi connectivity index (χ4n) is 3.76. The second kappa shape index (κ2) is 8.27. The minimum atomic E-state index is -0.209. The van der Waals surface area contributed by atoms with Crippen LogP contribution in [0.5, 0.6) is 11.5 Å². The Morgan fingerprint density at radius 2 is 1.87 bits per heavy atom. The molecule has 1 aromatic carbocycles. The Balaban J connectivity index is 1.20. The Morgan fingerprint density at radius 1 is 1.10 bits per heavy atom. The number of benzene rings is 1. The number of piperidine rings is 1. The van der Waals surface area contributed by atoms with Crippen molar-refractivity contribution in [1.82, 2.24) is 20.1 Å². The smallest absolute Gasteiger partial charge is 0.256 e. The predicted octanol–water partition coefficient (Wildman–Crippen LogP) is 2.96. The predicted molar refractivity (Wildman–Crippen MR) is 116 cm³/mol. The van der Waals surface area contributed by atoms with Crippen LogP contribution < -0.4 is 20.1 Å². The van der Waals surface area contributed by atoms with Gasteiger partial charge in [0, 0.05) is 29.4 Å². The summed E-state index contributed by atoms with van der Waals surface area (Å²) in [5, 5.41) is 13.5. The number of fused-ring (bicyclic) bond motifs is 1. The molecule has 2 aliphatic rings. The number of H-pyrrole nitrogens is 1. The molecule has 1 fully saturated rings. The van der Waals surface area contributed by atoms with Gasteiger partial charge in [0.2, 0.25) is 6.79 Å². The van der Waals surface area contributed by atoms with E-state index in [4.69, 9.17) is 9.47 Å². The molecule has 0 unspecified atom stereocenters. The van der Waals surface area contributed by atoms with Gasteiger partial charge < -0.3 is 25.0 Å². The topological polar surface area (TPSA) is 104 Å². The van der Waals surface area contributed by atoms with Gasteiger partial charge >= 0.3 is 0 Å². The van der Waals surface area contributed by atoms with Crippen molar-refractivity contribution >= 4 is 17.4 Å². The number of ether oxygens (including phenoxy) is 2. The van der Waals surface area contributed by atoms with Gasteiger partial charge in [-0.3, -0.25) is 14.9 Å². The van der Waals surface area contributed by atoms with E-state index in [1.165, 1.54) is 0 Å². The molecule has 5 rings (SSSR count). The van der Waals surface area contributed by atoms with Crippen LogP contribution >= 0.6 is 0 Å². The van der Waals surface area contributed by atoms with E-state index < -0.39 is 0 Å². The van der Waals surface area contributed by atoms with E-state index in [1.807, 2.05) is 24.3 Å². The summed E-state index contributed by atoms with van der Waals surface area (Å²) >= 11 is 0. The Labute approximate surface area is 179 Å². The van der Waals surface area contributed by atoms with Crippen LogP contribution in [0.15, 0.2) is 42.6 Å². The van der Waals surface area contributed by atoms with E-state index in [0.29, 0.717) is 40.3 Å². The van der Waals surface area contributed by atoms with Crippen LogP contribution in [-0.2, 0) is 0 Å². The zero-order chi connectivity index (χ0) is 21.2. The van der Waals surface area contributed by atoms with Gasteiger partial charge in [0.05, 0.1) is 11.9 Å². The highest BCUT2D eigenvalue weighted by Crippen LogP contribution is 2.34. The van der Waals surface area contributed by atoms with E-state index in [-0.39, 0.29) is 12.7 Å². The maximum absolute atomic E-state index is 12.6. The van der Waals surface area contributed by atoms with Gasteiger partial charge in [-0.2, -0.15) is 5.10 Å². The third-order valence-electron chi connectivity index (χ3n) is 5.59. The molecule has 31 heavy (non-hydrogen) atoms. The molecule has 1 amide bonds. The van der Waals surface area contributed by atoms with Crippen LogP contribution in [-0.4, -0.2) is 59.0 Å². The highest BCUT2D eigenvalue weighted by Gasteiger charge is 2.18. The zero-order valence-electron chi connectivity index (χ0n) is 17.2. The van der Waals surface area contributed by atoms with Crippen LogP contribution in [0.1, 0.15) is 23.2 Å². The van der Waals surface area contributed by atoms with Crippen molar-refractivity contribution in [2.45, 2.75) is 18.9 Å². The summed E-state index contributed by atoms with van der Waals surface area (Å²) < 4.78 is 10.6. The number of pyridine rings is 1. The Kier molecular flexibility index (Phi) is 5.17. The molecule has 4 heterocycles. The summed E-state index contributed by atoms with van der Waals surface area (Å²) in [6.07, 6.45) is 3.85. The molecule has 9 heteroatoms. The molecular weight excluding hydrogens is 396 g/mol. The largest absolute Gasteiger partial charge is 0.453 e. The molecule has 0 saturated carbocycles. The lowest BCUT2D eigenvalue weighted by atomic mass is 10.0. The van der Waals surface area contributed by atoms with Crippen LogP contribution in [0.4, 0.5) is 11.5 Å². The van der Waals surface area contributed by atoms with E-state index in [1.54, 1.807) is 18.3 Å². The number of carbonyl (C=O) groups excluding carboxylic acids is 1. The average Bonchev–Trinajstić information content (AvgIpc) is 3.45. The maximum atomic E-state index is 12.6. The molecule has 9 nitrogen and oxygen atoms in total. The van der Waals surface area contributed by atoms with Crippen molar-refractivity contribution in [1.29, 1.82) is 0 Å². The van der Waals surface area contributed by atoms with E-state index in [2.05, 4.69) is 37.8 Å². The van der Waals surface area contributed by atoms with Gasteiger partial charge in [0.1, 0.15) is 11.5 Å². The summed E-state index contributed by atoms with van der Waals surface area (Å²) in [7, 11) is 2.15. The van der Waals surface area contributed by atoms with Crippen molar-refractivity contribution in [3.8, 4) is 22.9 Å². The second-order valence-electron chi connectivity index (χ2n) is 7.84. The minimum Gasteiger partial charge on any atom is -0.453 e. The van der Waals surface area contributed by atoms with Gasteiger partial charge in [-0.05, 0) is 57.2 Å². The first-order valence-corrected chi connectivity index (χ1v) is 10.3. The molecule has 0 aliphatic carbocycles. The average molecular weight is 420 g/mol. The lowest BCUT2D eigenvalue weighted by Gasteiger charge is -2.30.